The number of nitrogens with one attached hydrogen (secondary N) is 4. The molecule has 0 radical (unpaired) electrons. The third-order valence-electron chi connectivity index (χ3n) is 7.68. The summed E-state index contributed by atoms with van der Waals surface area (Å²) in [5, 5.41) is 10.7. The molecule has 3 atom stereocenters. The molecular formula is C38H40N4O5. The molecule has 0 saturated heterocycles. The van der Waals surface area contributed by atoms with Crippen molar-refractivity contribution in [3.63, 3.8) is 0 Å². The van der Waals surface area contributed by atoms with E-state index >= 15 is 0 Å². The molecule has 0 aliphatic heterocycles. The monoisotopic (exact) mass is 632 g/mol. The van der Waals surface area contributed by atoms with Crippen LogP contribution in [0.25, 0.3) is 11.1 Å². The lowest BCUT2D eigenvalue weighted by Crippen LogP contribution is -2.57. The van der Waals surface area contributed by atoms with E-state index in [2.05, 4.69) is 21.3 Å². The fraction of sp³-hybridized carbons (Fsp3) is 0.237. The normalized spacial score (nSPS) is 12.7. The number of Topliss-reactive ketones (excluding diaryl/α,β-unsaturated/α-hetero) is 1. The zero-order valence-corrected chi connectivity index (χ0v) is 26.7. The molecule has 0 saturated carbocycles. The molecule has 4 aromatic carbocycles. The number of carbonyl (C=O) groups is 5. The van der Waals surface area contributed by atoms with E-state index in [1.54, 1.807) is 44.2 Å². The van der Waals surface area contributed by atoms with Crippen molar-refractivity contribution in [3.05, 3.63) is 132 Å². The molecular weight excluding hydrogens is 592 g/mol. The van der Waals surface area contributed by atoms with Gasteiger partial charge in [-0.25, -0.2) is 0 Å². The Bertz CT molecular complexity index is 1660. The highest BCUT2D eigenvalue weighted by atomic mass is 16.2. The molecule has 4 amide bonds. The first-order valence-electron chi connectivity index (χ1n) is 15.6. The number of hydrogen-bond acceptors (Lipinski definition) is 5. The van der Waals surface area contributed by atoms with Crippen LogP contribution in [0.2, 0.25) is 0 Å². The third kappa shape index (κ3) is 9.96. The van der Waals surface area contributed by atoms with Gasteiger partial charge in [-0.15, -0.1) is 0 Å². The van der Waals surface area contributed by atoms with Crippen LogP contribution in [0, 0.1) is 5.92 Å². The first-order chi connectivity index (χ1) is 22.6. The van der Waals surface area contributed by atoms with Crippen LogP contribution in [0.3, 0.4) is 0 Å². The highest BCUT2D eigenvalue weighted by molar-refractivity contribution is 6.38. The van der Waals surface area contributed by atoms with E-state index in [9.17, 15) is 24.0 Å². The highest BCUT2D eigenvalue weighted by Gasteiger charge is 2.32. The minimum atomic E-state index is -1.10. The van der Waals surface area contributed by atoms with Crippen molar-refractivity contribution in [2.24, 2.45) is 5.92 Å². The van der Waals surface area contributed by atoms with Crippen molar-refractivity contribution in [1.29, 1.82) is 0 Å². The van der Waals surface area contributed by atoms with Crippen LogP contribution in [-0.2, 0) is 32.1 Å². The van der Waals surface area contributed by atoms with E-state index in [0.717, 1.165) is 22.3 Å². The topological polar surface area (TPSA) is 133 Å². The van der Waals surface area contributed by atoms with E-state index in [1.807, 2.05) is 84.9 Å². The maximum atomic E-state index is 13.6. The summed E-state index contributed by atoms with van der Waals surface area (Å²) < 4.78 is 0. The molecule has 9 nitrogen and oxygen atoms in total. The number of hydrogen-bond donors (Lipinski definition) is 4. The van der Waals surface area contributed by atoms with Gasteiger partial charge in [-0.1, -0.05) is 117 Å². The molecule has 0 fully saturated rings. The molecule has 0 unspecified atom stereocenters. The number of ketones is 1. The molecule has 0 spiro atoms. The second kappa shape index (κ2) is 16.7. The summed E-state index contributed by atoms with van der Waals surface area (Å²) in [5.74, 6) is -3.63. The lowest BCUT2D eigenvalue weighted by Gasteiger charge is -2.25. The average Bonchev–Trinajstić information content (AvgIpc) is 3.10. The second-order valence-corrected chi connectivity index (χ2v) is 11.7. The molecule has 9 heteroatoms. The Morgan fingerprint density at radius 1 is 0.574 bits per heavy atom. The number of benzene rings is 4. The molecule has 0 heterocycles. The second-order valence-electron chi connectivity index (χ2n) is 11.7. The Labute approximate surface area is 275 Å². The van der Waals surface area contributed by atoms with E-state index in [-0.39, 0.29) is 13.0 Å². The van der Waals surface area contributed by atoms with E-state index in [1.165, 1.54) is 6.92 Å². The van der Waals surface area contributed by atoms with Gasteiger partial charge in [0.05, 0.1) is 6.04 Å². The Kier molecular flexibility index (Phi) is 12.2. The summed E-state index contributed by atoms with van der Waals surface area (Å²) in [6.45, 7) is 5.08. The summed E-state index contributed by atoms with van der Waals surface area (Å²) >= 11 is 0. The zero-order chi connectivity index (χ0) is 33.8. The lowest BCUT2D eigenvalue weighted by atomic mass is 9.98. The van der Waals surface area contributed by atoms with Crippen LogP contribution < -0.4 is 21.3 Å². The fourth-order valence-corrected chi connectivity index (χ4v) is 4.94. The van der Waals surface area contributed by atoms with Gasteiger partial charge in [0.2, 0.25) is 17.6 Å². The van der Waals surface area contributed by atoms with Crippen LogP contribution in [0.1, 0.15) is 42.3 Å². The van der Waals surface area contributed by atoms with Gasteiger partial charge in [0.25, 0.3) is 11.8 Å². The Hall–Kier alpha value is -5.57. The van der Waals surface area contributed by atoms with Crippen LogP contribution in [0.15, 0.2) is 115 Å². The van der Waals surface area contributed by atoms with E-state index in [0.29, 0.717) is 5.56 Å². The summed E-state index contributed by atoms with van der Waals surface area (Å²) in [6.07, 6.45) is 0.169. The Balaban J connectivity index is 1.42. The lowest BCUT2D eigenvalue weighted by molar-refractivity contribution is -0.141. The van der Waals surface area contributed by atoms with Crippen LogP contribution in [-0.4, -0.2) is 47.5 Å². The molecule has 0 bridgehead atoms. The predicted octanol–water partition coefficient (Wildman–Crippen LogP) is 4.23. The Morgan fingerprint density at radius 2 is 1.13 bits per heavy atom. The minimum Gasteiger partial charge on any atom is -0.345 e. The van der Waals surface area contributed by atoms with Gasteiger partial charge in [0.1, 0.15) is 12.1 Å². The maximum Gasteiger partial charge on any atom is 0.289 e. The fourth-order valence-electron chi connectivity index (χ4n) is 4.94. The zero-order valence-electron chi connectivity index (χ0n) is 26.7. The van der Waals surface area contributed by atoms with Gasteiger partial charge >= 0.3 is 0 Å². The molecule has 4 aromatic rings. The summed E-state index contributed by atoms with van der Waals surface area (Å²) in [4.78, 5) is 65.5. The standard InChI is InChI=1S/C38H40N4O5/c1-25(2)33(34(43)38(47)39-24-28-13-7-4-8-14-28)42-35(44)26(3)40-37(46)32(41-36(45)31-17-11-6-12-18-31)23-27-19-21-30(22-20-27)29-15-9-5-10-16-29/h4-22,25-26,32-33H,23-24H2,1-3H3,(H,39,47)(H,40,46)(H,41,45)(H,42,44)/t26-,32+,33-/m0/s1. The number of carbonyl (C=O) groups excluding carboxylic acids is 5. The van der Waals surface area contributed by atoms with Crippen molar-refractivity contribution in [3.8, 4) is 11.1 Å². The van der Waals surface area contributed by atoms with Gasteiger partial charge in [-0.2, -0.15) is 0 Å². The van der Waals surface area contributed by atoms with Crippen molar-refractivity contribution >= 4 is 29.4 Å². The number of amides is 4. The van der Waals surface area contributed by atoms with Gasteiger partial charge in [-0.3, -0.25) is 24.0 Å². The SMILES string of the molecule is CC(C)[C@H](NC(=O)[C@H](C)NC(=O)[C@@H](Cc1ccc(-c2ccccc2)cc1)NC(=O)c1ccccc1)C(=O)C(=O)NCc1ccccc1. The summed E-state index contributed by atoms with van der Waals surface area (Å²) in [5.41, 5.74) is 4.09. The van der Waals surface area contributed by atoms with Gasteiger partial charge in [0.15, 0.2) is 0 Å². The largest absolute Gasteiger partial charge is 0.345 e. The molecule has 0 aromatic heterocycles. The third-order valence-corrected chi connectivity index (χ3v) is 7.68. The van der Waals surface area contributed by atoms with Crippen molar-refractivity contribution in [2.45, 2.75) is 51.9 Å². The van der Waals surface area contributed by atoms with Gasteiger partial charge < -0.3 is 21.3 Å². The predicted molar refractivity (Wildman–Crippen MR) is 181 cm³/mol. The van der Waals surface area contributed by atoms with Crippen LogP contribution in [0.5, 0.6) is 0 Å². The van der Waals surface area contributed by atoms with E-state index in [4.69, 9.17) is 0 Å². The smallest absolute Gasteiger partial charge is 0.289 e. The molecule has 4 rings (SSSR count). The van der Waals surface area contributed by atoms with Gasteiger partial charge in [-0.05, 0) is 47.2 Å². The Morgan fingerprint density at radius 3 is 1.72 bits per heavy atom. The summed E-state index contributed by atoms with van der Waals surface area (Å²) in [6, 6.07) is 32.1. The van der Waals surface area contributed by atoms with Gasteiger partial charge in [0, 0.05) is 18.5 Å². The maximum absolute atomic E-state index is 13.6. The molecule has 242 valence electrons. The molecule has 0 aliphatic carbocycles. The van der Waals surface area contributed by atoms with E-state index < -0.39 is 53.5 Å². The summed E-state index contributed by atoms with van der Waals surface area (Å²) in [7, 11) is 0. The highest BCUT2D eigenvalue weighted by Crippen LogP contribution is 2.20. The van der Waals surface area contributed by atoms with Crippen LogP contribution >= 0.6 is 0 Å². The first-order valence-corrected chi connectivity index (χ1v) is 15.6. The average molecular weight is 633 g/mol. The molecule has 47 heavy (non-hydrogen) atoms. The molecule has 4 N–H and O–H groups in total. The van der Waals surface area contributed by atoms with Crippen LogP contribution in [0.4, 0.5) is 0 Å². The number of rotatable bonds is 14. The van der Waals surface area contributed by atoms with Crippen molar-refractivity contribution in [2.75, 3.05) is 0 Å². The quantitative estimate of drug-likeness (QED) is 0.155. The van der Waals surface area contributed by atoms with Crippen molar-refractivity contribution in [1.82, 2.24) is 21.3 Å². The van der Waals surface area contributed by atoms with Crippen molar-refractivity contribution < 1.29 is 24.0 Å². The first kappa shape index (κ1) is 34.3. The minimum absolute atomic E-state index is 0.168. The molecule has 0 aliphatic rings.